The number of aromatic nitrogens is 3. The quantitative estimate of drug-likeness (QED) is 0.882. The zero-order valence-electron chi connectivity index (χ0n) is 12.0. The highest BCUT2D eigenvalue weighted by Crippen LogP contribution is 2.22. The topological polar surface area (TPSA) is 87.7 Å². The molecule has 114 valence electrons. The average molecular weight is 329 g/mol. The Bertz CT molecular complexity index is 710. The summed E-state index contributed by atoms with van der Waals surface area (Å²) in [6, 6.07) is 5.50. The van der Waals surface area contributed by atoms with E-state index in [0.29, 0.717) is 16.7 Å². The minimum Gasteiger partial charge on any atom is -0.263 e. The first-order valence-corrected chi connectivity index (χ1v) is 8.32. The number of rotatable bonds is 5. The van der Waals surface area contributed by atoms with Gasteiger partial charge in [0.25, 0.3) is 0 Å². The number of benzene rings is 1. The number of hydrogen-bond acceptors (Lipinski definition) is 4. The Labute approximate surface area is 129 Å². The van der Waals surface area contributed by atoms with Crippen molar-refractivity contribution < 1.29 is 8.42 Å². The van der Waals surface area contributed by atoms with Gasteiger partial charge in [0, 0.05) is 5.02 Å². The summed E-state index contributed by atoms with van der Waals surface area (Å²) in [5, 5.41) is 7.25. The fourth-order valence-electron chi connectivity index (χ4n) is 1.83. The summed E-state index contributed by atoms with van der Waals surface area (Å²) in [5.74, 6) is 1.07. The van der Waals surface area contributed by atoms with E-state index < -0.39 is 16.1 Å². The van der Waals surface area contributed by atoms with Crippen LogP contribution in [-0.2, 0) is 10.0 Å². The highest BCUT2D eigenvalue weighted by atomic mass is 35.5. The fourth-order valence-corrected chi connectivity index (χ4v) is 3.30. The van der Waals surface area contributed by atoms with Gasteiger partial charge in [0.05, 0.1) is 10.9 Å². The molecule has 6 nitrogen and oxygen atoms in total. The van der Waals surface area contributed by atoms with Crippen molar-refractivity contribution in [3.8, 4) is 0 Å². The van der Waals surface area contributed by atoms with E-state index in [4.69, 9.17) is 11.6 Å². The third kappa shape index (κ3) is 3.81. The van der Waals surface area contributed by atoms with E-state index >= 15 is 0 Å². The average Bonchev–Trinajstić information content (AvgIpc) is 2.82. The lowest BCUT2D eigenvalue weighted by atomic mass is 10.1. The van der Waals surface area contributed by atoms with E-state index in [1.807, 2.05) is 13.8 Å². The van der Waals surface area contributed by atoms with Gasteiger partial charge in [0.1, 0.15) is 5.82 Å². The molecule has 0 aliphatic carbocycles. The Hall–Kier alpha value is -1.44. The first-order chi connectivity index (χ1) is 9.79. The molecule has 2 N–H and O–H groups in total. The summed E-state index contributed by atoms with van der Waals surface area (Å²) in [5.41, 5.74) is 0. The van der Waals surface area contributed by atoms with Crippen LogP contribution in [0.1, 0.15) is 31.5 Å². The van der Waals surface area contributed by atoms with Crippen LogP contribution in [0.3, 0.4) is 0 Å². The number of nitrogens with zero attached hydrogens (tertiary/aromatic N) is 2. The zero-order chi connectivity index (χ0) is 15.6. The van der Waals surface area contributed by atoms with Crippen molar-refractivity contribution >= 4 is 21.6 Å². The minimum atomic E-state index is -3.66. The van der Waals surface area contributed by atoms with Crippen molar-refractivity contribution in [2.24, 2.45) is 5.92 Å². The van der Waals surface area contributed by atoms with Gasteiger partial charge in [-0.15, -0.1) is 0 Å². The van der Waals surface area contributed by atoms with Crippen molar-refractivity contribution in [2.45, 2.75) is 31.7 Å². The Balaban J connectivity index is 2.30. The predicted molar refractivity (Wildman–Crippen MR) is 80.5 cm³/mol. The Morgan fingerprint density at radius 2 is 1.86 bits per heavy atom. The molecule has 0 unspecified atom stereocenters. The number of aryl methyl sites for hydroxylation is 1. The van der Waals surface area contributed by atoms with Gasteiger partial charge in [-0.2, -0.15) is 5.10 Å². The molecule has 2 aromatic rings. The monoisotopic (exact) mass is 328 g/mol. The molecule has 0 bridgehead atoms. The zero-order valence-corrected chi connectivity index (χ0v) is 13.5. The molecular weight excluding hydrogens is 312 g/mol. The molecule has 0 fully saturated rings. The fraction of sp³-hybridized carbons (Fsp3) is 0.385. The van der Waals surface area contributed by atoms with E-state index in [9.17, 15) is 8.42 Å². The van der Waals surface area contributed by atoms with Crippen molar-refractivity contribution in [2.75, 3.05) is 0 Å². The molecule has 0 amide bonds. The van der Waals surface area contributed by atoms with Crippen LogP contribution in [0.15, 0.2) is 29.2 Å². The van der Waals surface area contributed by atoms with Gasteiger partial charge >= 0.3 is 0 Å². The number of aromatic amines is 1. The molecule has 1 aromatic heterocycles. The van der Waals surface area contributed by atoms with Crippen molar-refractivity contribution in [3.05, 3.63) is 40.9 Å². The molecular formula is C13H17ClN4O2S. The second kappa shape index (κ2) is 6.13. The summed E-state index contributed by atoms with van der Waals surface area (Å²) in [6.07, 6.45) is 0. The summed E-state index contributed by atoms with van der Waals surface area (Å²) in [4.78, 5) is 4.37. The number of nitrogens with one attached hydrogen (secondary N) is 2. The standard InChI is InChI=1S/C13H17ClN4O2S/c1-8(2)12(13-15-9(3)16-17-13)18-21(19,20)11-6-4-10(14)5-7-11/h4-8,12,18H,1-3H3,(H,15,16,17)/t12-/m0/s1. The van der Waals surface area contributed by atoms with Gasteiger partial charge in [0.15, 0.2) is 5.82 Å². The lowest BCUT2D eigenvalue weighted by Gasteiger charge is -2.19. The largest absolute Gasteiger partial charge is 0.263 e. The number of H-pyrrole nitrogens is 1. The molecule has 0 saturated carbocycles. The van der Waals surface area contributed by atoms with Crippen LogP contribution in [-0.4, -0.2) is 23.6 Å². The predicted octanol–water partition coefficient (Wildman–Crippen LogP) is 2.44. The number of halogens is 1. The van der Waals surface area contributed by atoms with Crippen LogP contribution in [0.5, 0.6) is 0 Å². The third-order valence-electron chi connectivity index (χ3n) is 2.97. The van der Waals surface area contributed by atoms with Crippen LogP contribution in [0.2, 0.25) is 5.02 Å². The maximum Gasteiger partial charge on any atom is 0.241 e. The maximum absolute atomic E-state index is 12.4. The third-order valence-corrected chi connectivity index (χ3v) is 4.67. The molecule has 1 aromatic carbocycles. The van der Waals surface area contributed by atoms with Gasteiger partial charge in [-0.1, -0.05) is 25.4 Å². The Morgan fingerprint density at radius 1 is 1.24 bits per heavy atom. The first-order valence-electron chi connectivity index (χ1n) is 6.46. The smallest absolute Gasteiger partial charge is 0.241 e. The lowest BCUT2D eigenvalue weighted by Crippen LogP contribution is -2.32. The van der Waals surface area contributed by atoms with Gasteiger partial charge in [-0.05, 0) is 37.1 Å². The molecule has 0 aliphatic rings. The Kier molecular flexibility index (Phi) is 4.65. The molecule has 2 rings (SSSR count). The van der Waals surface area contributed by atoms with E-state index in [1.165, 1.54) is 24.3 Å². The van der Waals surface area contributed by atoms with E-state index in [-0.39, 0.29) is 10.8 Å². The van der Waals surface area contributed by atoms with Crippen molar-refractivity contribution in [1.29, 1.82) is 0 Å². The van der Waals surface area contributed by atoms with Gasteiger partial charge in [-0.3, -0.25) is 5.10 Å². The highest BCUT2D eigenvalue weighted by Gasteiger charge is 2.26. The van der Waals surface area contributed by atoms with E-state index in [1.54, 1.807) is 6.92 Å². The van der Waals surface area contributed by atoms with Gasteiger partial charge in [0.2, 0.25) is 10.0 Å². The number of hydrogen-bond donors (Lipinski definition) is 2. The van der Waals surface area contributed by atoms with Crippen LogP contribution in [0.4, 0.5) is 0 Å². The molecule has 0 aliphatic heterocycles. The highest BCUT2D eigenvalue weighted by molar-refractivity contribution is 7.89. The summed E-state index contributed by atoms with van der Waals surface area (Å²) in [7, 11) is -3.66. The van der Waals surface area contributed by atoms with Gasteiger partial charge < -0.3 is 0 Å². The Morgan fingerprint density at radius 3 is 2.33 bits per heavy atom. The molecule has 8 heteroatoms. The van der Waals surface area contributed by atoms with Crippen molar-refractivity contribution in [3.63, 3.8) is 0 Å². The van der Waals surface area contributed by atoms with Gasteiger partial charge in [-0.25, -0.2) is 18.1 Å². The van der Waals surface area contributed by atoms with E-state index in [2.05, 4.69) is 19.9 Å². The molecule has 0 radical (unpaired) electrons. The van der Waals surface area contributed by atoms with Crippen LogP contribution < -0.4 is 4.72 Å². The van der Waals surface area contributed by atoms with Crippen LogP contribution in [0, 0.1) is 12.8 Å². The first kappa shape index (κ1) is 15.9. The summed E-state index contributed by atoms with van der Waals surface area (Å²) < 4.78 is 27.5. The van der Waals surface area contributed by atoms with E-state index in [0.717, 1.165) is 0 Å². The second-order valence-electron chi connectivity index (χ2n) is 5.08. The summed E-state index contributed by atoms with van der Waals surface area (Å²) in [6.45, 7) is 5.57. The van der Waals surface area contributed by atoms with Crippen LogP contribution >= 0.6 is 11.6 Å². The lowest BCUT2D eigenvalue weighted by molar-refractivity contribution is 0.445. The molecule has 1 atom stereocenters. The second-order valence-corrected chi connectivity index (χ2v) is 7.23. The van der Waals surface area contributed by atoms with Crippen molar-refractivity contribution in [1.82, 2.24) is 19.9 Å². The minimum absolute atomic E-state index is 0.00211. The molecule has 21 heavy (non-hydrogen) atoms. The maximum atomic E-state index is 12.4. The molecule has 1 heterocycles. The SMILES string of the molecule is Cc1nc([C@@H](NS(=O)(=O)c2ccc(Cl)cc2)C(C)C)n[nH]1. The molecule has 0 saturated heterocycles. The van der Waals surface area contributed by atoms with Crippen LogP contribution in [0.25, 0.3) is 0 Å². The summed E-state index contributed by atoms with van der Waals surface area (Å²) >= 11 is 5.78. The normalized spacial score (nSPS) is 13.6. The number of sulfonamides is 1. The molecule has 0 spiro atoms.